The smallest absolute Gasteiger partial charge is 0.350 e. The maximum absolute atomic E-state index is 11.4. The van der Waals surface area contributed by atoms with Crippen molar-refractivity contribution in [1.29, 1.82) is 0 Å². The van der Waals surface area contributed by atoms with Gasteiger partial charge in [0.2, 0.25) is 0 Å². The largest absolute Gasteiger partial charge is 0.396 e. The average molecular weight is 618 g/mol. The van der Waals surface area contributed by atoms with E-state index >= 15 is 0 Å². The summed E-state index contributed by atoms with van der Waals surface area (Å²) < 4.78 is 16.5. The number of hydrogen-bond acceptors (Lipinski definition) is 10. The Morgan fingerprint density at radius 2 is 1.83 bits per heavy atom. The minimum atomic E-state index is -4.31. The predicted molar refractivity (Wildman–Crippen MR) is 153 cm³/mol. The second-order valence-corrected chi connectivity index (χ2v) is 15.2. The number of nitrogens with zero attached hydrogens (tertiary/aromatic N) is 2. The van der Waals surface area contributed by atoms with E-state index in [4.69, 9.17) is 25.4 Å². The molecule has 4 saturated carbocycles. The first-order valence-corrected chi connectivity index (χ1v) is 16.6. The zero-order valence-corrected chi connectivity index (χ0v) is 25.4. The summed E-state index contributed by atoms with van der Waals surface area (Å²) in [5, 5.41) is 50.3. The summed E-state index contributed by atoms with van der Waals surface area (Å²) >= 11 is 0. The first-order chi connectivity index (χ1) is 19.6. The van der Waals surface area contributed by atoms with E-state index in [0.29, 0.717) is 18.3 Å². The number of hydrogen-bond donors (Lipinski definition) is 8. The van der Waals surface area contributed by atoms with E-state index < -0.39 is 49.5 Å². The van der Waals surface area contributed by atoms with Crippen molar-refractivity contribution < 1.29 is 44.6 Å². The quantitative estimate of drug-likeness (QED) is 0.186. The summed E-state index contributed by atoms with van der Waals surface area (Å²) in [4.78, 5) is 32.1. The number of ether oxygens (including phenoxy) is 1. The van der Waals surface area contributed by atoms with E-state index in [0.717, 1.165) is 49.5 Å². The van der Waals surface area contributed by atoms with Crippen LogP contribution < -0.4 is 11.4 Å². The molecule has 14 heteroatoms. The molecule has 1 aromatic heterocycles. The van der Waals surface area contributed by atoms with Crippen LogP contribution in [0.25, 0.3) is 0 Å². The van der Waals surface area contributed by atoms with Gasteiger partial charge in [0.15, 0.2) is 0 Å². The number of anilines is 1. The second kappa shape index (κ2) is 12.2. The number of aliphatic hydroxyl groups excluding tert-OH is 4. The predicted octanol–water partition coefficient (Wildman–Crippen LogP) is 0.424. The van der Waals surface area contributed by atoms with Gasteiger partial charge in [-0.15, -0.1) is 0 Å². The molecule has 240 valence electrons. The lowest BCUT2D eigenvalue weighted by Crippen LogP contribution is -2.63. The normalized spacial score (nSPS) is 39.9. The first-order valence-electron chi connectivity index (χ1n) is 14.8. The SMILES string of the molecule is C[C@@]1(CO)[C@H](O)CC[C@@]2(C)[C@H]1CC[C@H]1C[C@@H]3C[C@@]12CC[C@]3(O)CO.Nc1ccn(C[C@@H](CO)OCP(=O)(O)O)c(=O)n1. The summed E-state index contributed by atoms with van der Waals surface area (Å²) in [7, 11) is -4.31. The summed E-state index contributed by atoms with van der Waals surface area (Å²) in [5.41, 5.74) is 3.72. The Labute approximate surface area is 245 Å². The summed E-state index contributed by atoms with van der Waals surface area (Å²) in [6.45, 7) is 3.86. The minimum absolute atomic E-state index is 0.0547. The van der Waals surface area contributed by atoms with Gasteiger partial charge in [-0.25, -0.2) is 4.79 Å². The molecular weight excluding hydrogens is 569 g/mol. The van der Waals surface area contributed by atoms with E-state index in [-0.39, 0.29) is 42.3 Å². The highest BCUT2D eigenvalue weighted by Crippen LogP contribution is 2.75. The van der Waals surface area contributed by atoms with Gasteiger partial charge >= 0.3 is 13.3 Å². The Balaban J connectivity index is 0.000000202. The molecule has 9 N–H and O–H groups in total. The van der Waals surface area contributed by atoms with Crippen LogP contribution in [0.4, 0.5) is 5.82 Å². The molecule has 5 rings (SSSR count). The van der Waals surface area contributed by atoms with Crippen LogP contribution in [0.15, 0.2) is 17.1 Å². The van der Waals surface area contributed by atoms with Crippen LogP contribution in [0.5, 0.6) is 0 Å². The molecule has 2 bridgehead atoms. The fourth-order valence-corrected chi connectivity index (χ4v) is 9.50. The van der Waals surface area contributed by atoms with Crippen LogP contribution in [0, 0.1) is 34.0 Å². The van der Waals surface area contributed by atoms with Gasteiger partial charge in [0.25, 0.3) is 0 Å². The summed E-state index contributed by atoms with van der Waals surface area (Å²) in [6.07, 6.45) is 6.94. The maximum atomic E-state index is 11.4. The van der Waals surface area contributed by atoms with Crippen molar-refractivity contribution >= 4 is 13.4 Å². The molecule has 13 nitrogen and oxygen atoms in total. The minimum Gasteiger partial charge on any atom is -0.396 e. The molecule has 0 aromatic carbocycles. The van der Waals surface area contributed by atoms with Crippen molar-refractivity contribution in [2.45, 2.75) is 89.6 Å². The lowest BCUT2D eigenvalue weighted by molar-refractivity contribution is -0.216. The van der Waals surface area contributed by atoms with Crippen molar-refractivity contribution in [2.24, 2.45) is 34.0 Å². The number of nitrogen functional groups attached to an aromatic ring is 1. The Hall–Kier alpha value is -1.41. The Kier molecular flexibility index (Phi) is 9.71. The van der Waals surface area contributed by atoms with Crippen molar-refractivity contribution in [3.05, 3.63) is 22.7 Å². The van der Waals surface area contributed by atoms with Gasteiger partial charge in [0.1, 0.15) is 12.2 Å². The van der Waals surface area contributed by atoms with Gasteiger partial charge in [0, 0.05) is 11.6 Å². The molecule has 9 atom stereocenters. The van der Waals surface area contributed by atoms with Gasteiger partial charge in [-0.3, -0.25) is 9.13 Å². The van der Waals surface area contributed by atoms with Gasteiger partial charge < -0.3 is 45.8 Å². The molecule has 0 unspecified atom stereocenters. The number of nitrogens with two attached hydrogens (primary N) is 1. The van der Waals surface area contributed by atoms with E-state index in [1.165, 1.54) is 12.3 Å². The third-order valence-corrected chi connectivity index (χ3v) is 12.0. The number of fused-ring (bicyclic) bond motifs is 2. The van der Waals surface area contributed by atoms with Crippen molar-refractivity contribution in [1.82, 2.24) is 9.55 Å². The highest BCUT2D eigenvalue weighted by Gasteiger charge is 2.70. The number of rotatable bonds is 8. The molecule has 0 saturated heterocycles. The fraction of sp³-hybridized carbons (Fsp3) is 0.857. The second-order valence-electron chi connectivity index (χ2n) is 13.6. The fourth-order valence-electron chi connectivity index (χ4n) is 9.10. The summed E-state index contributed by atoms with van der Waals surface area (Å²) in [6, 6.07) is 1.39. The maximum Gasteiger partial charge on any atom is 0.350 e. The van der Waals surface area contributed by atoms with E-state index in [1.54, 1.807) is 0 Å². The number of aromatic nitrogens is 2. The molecule has 4 aliphatic rings. The van der Waals surface area contributed by atoms with E-state index in [2.05, 4.69) is 18.8 Å². The van der Waals surface area contributed by atoms with E-state index in [9.17, 15) is 29.8 Å². The molecule has 0 aliphatic heterocycles. The Morgan fingerprint density at radius 3 is 2.43 bits per heavy atom. The highest BCUT2D eigenvalue weighted by molar-refractivity contribution is 7.51. The van der Waals surface area contributed by atoms with Crippen LogP contribution in [-0.4, -0.2) is 88.8 Å². The monoisotopic (exact) mass is 617 g/mol. The molecule has 0 radical (unpaired) electrons. The molecule has 4 aliphatic carbocycles. The average Bonchev–Trinajstić information content (AvgIpc) is 3.29. The molecule has 4 fully saturated rings. The molecule has 1 spiro atoms. The van der Waals surface area contributed by atoms with Crippen LogP contribution in [-0.2, 0) is 15.8 Å². The molecule has 1 aromatic rings. The lowest BCUT2D eigenvalue weighted by atomic mass is 9.39. The van der Waals surface area contributed by atoms with Crippen molar-refractivity contribution in [3.8, 4) is 0 Å². The lowest BCUT2D eigenvalue weighted by Gasteiger charge is -2.66. The number of aliphatic hydroxyl groups is 5. The van der Waals surface area contributed by atoms with Crippen LogP contribution in [0.3, 0.4) is 0 Å². The van der Waals surface area contributed by atoms with Gasteiger partial charge in [-0.05, 0) is 86.0 Å². The van der Waals surface area contributed by atoms with Crippen molar-refractivity contribution in [2.75, 3.05) is 31.9 Å². The van der Waals surface area contributed by atoms with Gasteiger partial charge in [-0.2, -0.15) is 4.98 Å². The van der Waals surface area contributed by atoms with Crippen LogP contribution in [0.1, 0.15) is 65.2 Å². The van der Waals surface area contributed by atoms with Crippen molar-refractivity contribution in [3.63, 3.8) is 0 Å². The Morgan fingerprint density at radius 1 is 1.12 bits per heavy atom. The molecule has 42 heavy (non-hydrogen) atoms. The third-order valence-electron chi connectivity index (χ3n) is 11.5. The first kappa shape index (κ1) is 33.5. The summed E-state index contributed by atoms with van der Waals surface area (Å²) in [5.74, 6) is 1.24. The molecule has 0 amide bonds. The third kappa shape index (κ3) is 5.97. The molecule has 1 heterocycles. The van der Waals surface area contributed by atoms with Crippen LogP contribution in [0.2, 0.25) is 0 Å². The zero-order chi connectivity index (χ0) is 31.1. The topological polar surface area (TPSA) is 229 Å². The molecular formula is C28H48N3O10P. The highest BCUT2D eigenvalue weighted by atomic mass is 31.2. The standard InChI is InChI=1S/C20H34O4.C8H14N3O6P/c1-17(11-21)15-4-3-13-9-14-10-19(13,7-8-20(14,24)12-22)18(15,2)6-5-16(17)23;9-7-1-2-11(8(13)10-7)3-6(4-12)17-5-18(14,15)16/h13-16,21-24H,3-12H2,1-2H3;1-2,6,12H,3-5H2,(H2,9,10,13)(H2,14,15,16)/t13-,14+,15-,16+,17-,18-,19-,20-;6-/m00/s1. The van der Waals surface area contributed by atoms with Gasteiger partial charge in [0.05, 0.1) is 44.2 Å². The zero-order valence-electron chi connectivity index (χ0n) is 24.5. The van der Waals surface area contributed by atoms with Gasteiger partial charge in [-0.1, -0.05) is 13.8 Å². The Bertz CT molecular complexity index is 1210. The van der Waals surface area contributed by atoms with E-state index in [1.807, 2.05) is 0 Å². The van der Waals surface area contributed by atoms with Crippen LogP contribution >= 0.6 is 7.60 Å².